The molecular formula is C7H10O4S2. The lowest BCUT2D eigenvalue weighted by atomic mass is 10.4. The van der Waals surface area contributed by atoms with Crippen LogP contribution in [0.2, 0.25) is 0 Å². The molecule has 1 heterocycles. The maximum Gasteiger partial charge on any atom is 0.346 e. The Morgan fingerprint density at radius 1 is 1.08 bits per heavy atom. The van der Waals surface area contributed by atoms with Gasteiger partial charge in [-0.15, -0.1) is 0 Å². The Hall–Kier alpha value is -0.360. The minimum atomic E-state index is -1.12. The van der Waals surface area contributed by atoms with Crippen molar-refractivity contribution in [2.45, 2.75) is 17.9 Å². The van der Waals surface area contributed by atoms with Crippen LogP contribution in [-0.4, -0.2) is 29.2 Å². The second-order valence-electron chi connectivity index (χ2n) is 2.22. The maximum absolute atomic E-state index is 11.3. The molecule has 1 aliphatic heterocycles. The Kier molecular flexibility index (Phi) is 3.49. The average Bonchev–Trinajstić information content (AvgIpc) is 2.85. The van der Waals surface area contributed by atoms with Gasteiger partial charge in [-0.25, -0.2) is 9.59 Å². The Labute approximate surface area is 84.1 Å². The molecule has 1 aliphatic rings. The van der Waals surface area contributed by atoms with Gasteiger partial charge in [0, 0.05) is 0 Å². The number of hydrogen-bond acceptors (Lipinski definition) is 6. The predicted molar refractivity (Wildman–Crippen MR) is 51.2 cm³/mol. The summed E-state index contributed by atoms with van der Waals surface area (Å²) in [5.74, 6) is -1.02. The second-order valence-corrected chi connectivity index (χ2v) is 5.04. The molecule has 6 heteroatoms. The molecule has 0 aromatic carbocycles. The van der Waals surface area contributed by atoms with Crippen molar-refractivity contribution in [3.05, 3.63) is 0 Å². The van der Waals surface area contributed by atoms with Crippen molar-refractivity contribution >= 4 is 33.5 Å². The summed E-state index contributed by atoms with van der Waals surface area (Å²) in [5, 5.41) is 0. The van der Waals surface area contributed by atoms with Gasteiger partial charge in [0.2, 0.25) is 0 Å². The van der Waals surface area contributed by atoms with Crippen LogP contribution in [0.1, 0.15) is 13.8 Å². The molecule has 0 spiro atoms. The summed E-state index contributed by atoms with van der Waals surface area (Å²) in [7, 11) is 2.36. The maximum atomic E-state index is 11.3. The van der Waals surface area contributed by atoms with Crippen LogP contribution in [0.4, 0.5) is 0 Å². The molecule has 0 aromatic rings. The highest BCUT2D eigenvalue weighted by molar-refractivity contribution is 8.94. The van der Waals surface area contributed by atoms with Crippen LogP contribution in [0.15, 0.2) is 0 Å². The van der Waals surface area contributed by atoms with Crippen molar-refractivity contribution < 1.29 is 19.1 Å². The number of carbonyl (C=O) groups excluding carboxylic acids is 2. The van der Waals surface area contributed by atoms with Crippen molar-refractivity contribution in [2.75, 3.05) is 13.2 Å². The molecule has 0 atom stereocenters. The SMILES string of the molecule is CCOC(=O)C1(C(=O)OCC)SS1. The van der Waals surface area contributed by atoms with Crippen LogP contribution in [0.5, 0.6) is 0 Å². The van der Waals surface area contributed by atoms with Gasteiger partial charge in [0.1, 0.15) is 0 Å². The topological polar surface area (TPSA) is 52.6 Å². The quantitative estimate of drug-likeness (QED) is 0.308. The van der Waals surface area contributed by atoms with Crippen LogP contribution >= 0.6 is 21.6 Å². The lowest BCUT2D eigenvalue weighted by molar-refractivity contribution is -0.153. The van der Waals surface area contributed by atoms with Crippen molar-refractivity contribution in [2.24, 2.45) is 0 Å². The van der Waals surface area contributed by atoms with Gasteiger partial charge in [0.25, 0.3) is 4.08 Å². The Morgan fingerprint density at radius 2 is 1.46 bits per heavy atom. The van der Waals surface area contributed by atoms with E-state index in [2.05, 4.69) is 0 Å². The van der Waals surface area contributed by atoms with Gasteiger partial charge in [-0.05, 0) is 35.4 Å². The number of carbonyl (C=O) groups is 2. The molecule has 1 rings (SSSR count). The third-order valence-corrected chi connectivity index (χ3v) is 4.00. The first-order chi connectivity index (χ1) is 6.17. The molecule has 0 aromatic heterocycles. The third kappa shape index (κ3) is 2.11. The number of ether oxygens (including phenoxy) is 2. The summed E-state index contributed by atoms with van der Waals surface area (Å²) in [5.41, 5.74) is 0. The Bertz CT molecular complexity index is 205. The van der Waals surface area contributed by atoms with Crippen LogP contribution in [-0.2, 0) is 19.1 Å². The molecule has 0 radical (unpaired) electrons. The molecular weight excluding hydrogens is 212 g/mol. The predicted octanol–water partition coefficient (Wildman–Crippen LogP) is 1.20. The number of esters is 2. The standard InChI is InChI=1S/C7H10O4S2/c1-3-10-5(8)7(12-13-7)6(9)11-4-2/h3-4H2,1-2H3. The lowest BCUT2D eigenvalue weighted by Gasteiger charge is -2.08. The monoisotopic (exact) mass is 222 g/mol. The van der Waals surface area contributed by atoms with Gasteiger partial charge in [0.05, 0.1) is 13.2 Å². The highest BCUT2D eigenvalue weighted by atomic mass is 33.2. The summed E-state index contributed by atoms with van der Waals surface area (Å²) < 4.78 is 8.39. The molecule has 13 heavy (non-hydrogen) atoms. The minimum absolute atomic E-state index is 0.279. The Balaban J connectivity index is 2.55. The first-order valence-electron chi connectivity index (χ1n) is 3.88. The van der Waals surface area contributed by atoms with E-state index in [0.29, 0.717) is 0 Å². The molecule has 0 saturated carbocycles. The fourth-order valence-corrected chi connectivity index (χ4v) is 2.37. The zero-order chi connectivity index (χ0) is 9.90. The summed E-state index contributed by atoms with van der Waals surface area (Å²) >= 11 is 0. The first-order valence-corrected chi connectivity index (χ1v) is 6.03. The molecule has 0 bridgehead atoms. The molecule has 74 valence electrons. The summed E-state index contributed by atoms with van der Waals surface area (Å²) in [6.45, 7) is 3.96. The molecule has 1 fully saturated rings. The van der Waals surface area contributed by atoms with Gasteiger partial charge in [0.15, 0.2) is 0 Å². The number of hydrogen-bond donors (Lipinski definition) is 0. The van der Waals surface area contributed by atoms with E-state index in [1.807, 2.05) is 0 Å². The summed E-state index contributed by atoms with van der Waals surface area (Å²) in [4.78, 5) is 22.6. The van der Waals surface area contributed by atoms with E-state index in [4.69, 9.17) is 9.47 Å². The molecule has 1 saturated heterocycles. The highest BCUT2D eigenvalue weighted by Gasteiger charge is 2.63. The normalized spacial score (nSPS) is 17.7. The lowest BCUT2D eigenvalue weighted by Crippen LogP contribution is -2.33. The van der Waals surface area contributed by atoms with Crippen LogP contribution < -0.4 is 0 Å². The molecule has 4 nitrogen and oxygen atoms in total. The largest absolute Gasteiger partial charge is 0.464 e. The molecule has 0 unspecified atom stereocenters. The van der Waals surface area contributed by atoms with Crippen molar-refractivity contribution in [3.63, 3.8) is 0 Å². The average molecular weight is 222 g/mol. The van der Waals surface area contributed by atoms with Gasteiger partial charge < -0.3 is 9.47 Å². The summed E-state index contributed by atoms with van der Waals surface area (Å²) in [6.07, 6.45) is 0. The zero-order valence-electron chi connectivity index (χ0n) is 7.36. The smallest absolute Gasteiger partial charge is 0.346 e. The first kappa shape index (κ1) is 10.7. The van der Waals surface area contributed by atoms with Gasteiger partial charge >= 0.3 is 11.9 Å². The fraction of sp³-hybridized carbons (Fsp3) is 0.714. The van der Waals surface area contributed by atoms with E-state index >= 15 is 0 Å². The van der Waals surface area contributed by atoms with Crippen LogP contribution in [0.25, 0.3) is 0 Å². The minimum Gasteiger partial charge on any atom is -0.464 e. The highest BCUT2D eigenvalue weighted by Crippen LogP contribution is 2.65. The van der Waals surface area contributed by atoms with E-state index in [-0.39, 0.29) is 13.2 Å². The summed E-state index contributed by atoms with van der Waals surface area (Å²) in [6, 6.07) is 0. The molecule has 0 aliphatic carbocycles. The second kappa shape index (κ2) is 4.23. The zero-order valence-corrected chi connectivity index (χ0v) is 9.00. The van der Waals surface area contributed by atoms with Crippen LogP contribution in [0, 0.1) is 0 Å². The van der Waals surface area contributed by atoms with E-state index in [1.165, 1.54) is 21.6 Å². The van der Waals surface area contributed by atoms with E-state index < -0.39 is 16.0 Å². The van der Waals surface area contributed by atoms with Crippen LogP contribution in [0.3, 0.4) is 0 Å². The number of rotatable bonds is 4. The molecule has 0 N–H and O–H groups in total. The van der Waals surface area contributed by atoms with Crippen molar-refractivity contribution in [1.29, 1.82) is 0 Å². The fourth-order valence-electron chi connectivity index (χ4n) is 0.713. The van der Waals surface area contributed by atoms with Gasteiger partial charge in [-0.2, -0.15) is 0 Å². The van der Waals surface area contributed by atoms with Gasteiger partial charge in [-0.1, -0.05) is 0 Å². The van der Waals surface area contributed by atoms with E-state index in [9.17, 15) is 9.59 Å². The van der Waals surface area contributed by atoms with Crippen molar-refractivity contribution in [3.8, 4) is 0 Å². The van der Waals surface area contributed by atoms with E-state index in [0.717, 1.165) is 0 Å². The third-order valence-electron chi connectivity index (χ3n) is 1.34. The molecule has 0 amide bonds. The van der Waals surface area contributed by atoms with Crippen molar-refractivity contribution in [1.82, 2.24) is 0 Å². The van der Waals surface area contributed by atoms with Gasteiger partial charge in [-0.3, -0.25) is 0 Å². The van der Waals surface area contributed by atoms with E-state index in [1.54, 1.807) is 13.8 Å². The Morgan fingerprint density at radius 3 is 1.69 bits per heavy atom.